The number of nitrogens with zero attached hydrogens (tertiary/aromatic N) is 2. The lowest BCUT2D eigenvalue weighted by Crippen LogP contribution is -2.36. The topological polar surface area (TPSA) is 119 Å². The average molecular weight is 699 g/mol. The highest BCUT2D eigenvalue weighted by Crippen LogP contribution is 2.48. The molecule has 194 valence electrons. The Bertz CT molecular complexity index is 1540. The highest BCUT2D eigenvalue weighted by molar-refractivity contribution is 9.10. The summed E-state index contributed by atoms with van der Waals surface area (Å²) < 4.78 is 69.7. The van der Waals surface area contributed by atoms with Gasteiger partial charge in [-0.1, -0.05) is 55.0 Å². The van der Waals surface area contributed by atoms with Crippen LogP contribution >= 0.6 is 55.0 Å². The fourth-order valence-corrected chi connectivity index (χ4v) is 7.92. The lowest BCUT2D eigenvalue weighted by atomic mass is 10.2. The summed E-state index contributed by atoms with van der Waals surface area (Å²) in [6, 6.07) is 11.9. The van der Waals surface area contributed by atoms with Gasteiger partial charge in [0.25, 0.3) is 15.1 Å². The maximum atomic E-state index is 11.2. The van der Waals surface area contributed by atoms with Crippen LogP contribution in [0.5, 0.6) is 0 Å². The molecule has 0 saturated heterocycles. The third kappa shape index (κ3) is 7.31. The summed E-state index contributed by atoms with van der Waals surface area (Å²) in [6.45, 7) is 0.928. The zero-order chi connectivity index (χ0) is 26.1. The van der Waals surface area contributed by atoms with Gasteiger partial charge in [0, 0.05) is 38.6 Å². The van der Waals surface area contributed by atoms with Crippen LogP contribution < -0.4 is 9.47 Å². The Morgan fingerprint density at radius 1 is 1.00 bits per heavy atom. The number of hydrogen-bond acceptors (Lipinski definition) is 8. The van der Waals surface area contributed by atoms with Gasteiger partial charge >= 0.3 is 0 Å². The summed E-state index contributed by atoms with van der Waals surface area (Å²) in [7, 11) is -8.32. The minimum atomic E-state index is -4.31. The van der Waals surface area contributed by atoms with Crippen LogP contribution in [0, 0.1) is 0 Å². The Hall–Kier alpha value is -1.00. The molecule has 14 heteroatoms. The first-order valence-electron chi connectivity index (χ1n) is 10.9. The van der Waals surface area contributed by atoms with Gasteiger partial charge in [-0.3, -0.25) is 4.55 Å². The molecule has 1 aliphatic rings. The molecule has 0 radical (unpaired) electrons. The van der Waals surface area contributed by atoms with E-state index in [4.69, 9.17) is 4.55 Å². The maximum absolute atomic E-state index is 11.2. The number of benzene rings is 2. The van der Waals surface area contributed by atoms with Crippen LogP contribution in [0.15, 0.2) is 55.3 Å². The number of thiazole rings is 1. The first kappa shape index (κ1) is 28.0. The largest absolute Gasteiger partial charge is 0.748 e. The molecule has 0 atom stereocenters. The number of aromatic nitrogens is 1. The molecule has 0 unspecified atom stereocenters. The van der Waals surface area contributed by atoms with Crippen LogP contribution in [-0.2, 0) is 26.8 Å². The lowest BCUT2D eigenvalue weighted by molar-refractivity contribution is -0.668. The quantitative estimate of drug-likeness (QED) is 0.174. The van der Waals surface area contributed by atoms with Gasteiger partial charge in [0.15, 0.2) is 6.54 Å². The monoisotopic (exact) mass is 696 g/mol. The maximum Gasteiger partial charge on any atom is 0.265 e. The summed E-state index contributed by atoms with van der Waals surface area (Å²) in [5.74, 6) is -0.721. The van der Waals surface area contributed by atoms with E-state index < -0.39 is 26.0 Å². The van der Waals surface area contributed by atoms with Crippen molar-refractivity contribution in [3.05, 3.63) is 55.4 Å². The summed E-state index contributed by atoms with van der Waals surface area (Å²) in [4.78, 5) is 3.19. The molecule has 3 aromatic rings. The van der Waals surface area contributed by atoms with Crippen molar-refractivity contribution < 1.29 is 30.5 Å². The third-order valence-electron chi connectivity index (χ3n) is 5.44. The Kier molecular flexibility index (Phi) is 8.87. The number of aryl methyl sites for hydroxylation is 1. The second-order valence-electron chi connectivity index (χ2n) is 8.16. The molecule has 0 spiro atoms. The highest BCUT2D eigenvalue weighted by Gasteiger charge is 2.28. The van der Waals surface area contributed by atoms with Crippen molar-refractivity contribution in [2.75, 3.05) is 23.0 Å². The highest BCUT2D eigenvalue weighted by atomic mass is 79.9. The van der Waals surface area contributed by atoms with Crippen LogP contribution in [0.25, 0.3) is 16.3 Å². The molecular formula is C22H22Br2N2O6S4. The van der Waals surface area contributed by atoms with E-state index in [1.165, 1.54) is 0 Å². The predicted molar refractivity (Wildman–Crippen MR) is 150 cm³/mol. The molecule has 0 bridgehead atoms. The number of unbranched alkanes of at least 4 members (excludes halogenated alkanes) is 1. The minimum Gasteiger partial charge on any atom is -0.748 e. The third-order valence-corrected chi connectivity index (χ3v) is 10.2. The first-order chi connectivity index (χ1) is 16.9. The zero-order valence-corrected chi connectivity index (χ0v) is 25.2. The van der Waals surface area contributed by atoms with E-state index in [0.29, 0.717) is 25.9 Å². The number of rotatable bonds is 10. The van der Waals surface area contributed by atoms with Crippen molar-refractivity contribution in [3.63, 3.8) is 0 Å². The van der Waals surface area contributed by atoms with Crippen molar-refractivity contribution in [1.29, 1.82) is 0 Å². The Morgan fingerprint density at radius 2 is 1.72 bits per heavy atom. The number of thioether (sulfide) groups is 1. The van der Waals surface area contributed by atoms with E-state index in [9.17, 15) is 21.4 Å². The van der Waals surface area contributed by atoms with Gasteiger partial charge in [-0.05, 0) is 43.2 Å². The standard InChI is InChI=1S/C22H22Br2N2O6S4/c23-15-4-6-19-17(12-15)25(8-1-2-10-35(27,28)29)21(33-19)14-22-26(9-3-11-36(30,31)32)18-13-16(24)5-7-20(18)34-22/h4-7,12-14H,1-3,8-11H2,(H-,27,28,29,30,31,32). The molecule has 4 rings (SSSR count). The van der Waals surface area contributed by atoms with Crippen molar-refractivity contribution in [2.45, 2.75) is 30.7 Å². The van der Waals surface area contributed by atoms with Gasteiger partial charge in [-0.15, -0.1) is 0 Å². The molecule has 2 heterocycles. The summed E-state index contributed by atoms with van der Waals surface area (Å²) in [5, 5.41) is 1.86. The Labute approximate surface area is 235 Å². The molecule has 1 aliphatic heterocycles. The van der Waals surface area contributed by atoms with Gasteiger partial charge in [0.1, 0.15) is 4.70 Å². The molecule has 1 N–H and O–H groups in total. The van der Waals surface area contributed by atoms with Crippen LogP contribution in [0.4, 0.5) is 5.69 Å². The smallest absolute Gasteiger partial charge is 0.265 e. The predicted octanol–water partition coefficient (Wildman–Crippen LogP) is 5.23. The summed E-state index contributed by atoms with van der Waals surface area (Å²) in [6.07, 6.45) is 3.14. The Morgan fingerprint density at radius 3 is 2.44 bits per heavy atom. The molecule has 0 aliphatic carbocycles. The van der Waals surface area contributed by atoms with Gasteiger partial charge in [0.2, 0.25) is 5.52 Å². The fourth-order valence-electron chi connectivity index (χ4n) is 3.88. The van der Waals surface area contributed by atoms with Gasteiger partial charge < -0.3 is 9.45 Å². The van der Waals surface area contributed by atoms with Crippen molar-refractivity contribution in [1.82, 2.24) is 0 Å². The molecule has 0 amide bonds. The van der Waals surface area contributed by atoms with Gasteiger partial charge in [-0.2, -0.15) is 13.0 Å². The second kappa shape index (κ2) is 11.4. The average Bonchev–Trinajstić information content (AvgIpc) is 3.27. The van der Waals surface area contributed by atoms with Gasteiger partial charge in [-0.25, -0.2) is 8.42 Å². The van der Waals surface area contributed by atoms with Gasteiger partial charge in [0.05, 0.1) is 32.7 Å². The van der Waals surface area contributed by atoms with Crippen molar-refractivity contribution in [3.8, 4) is 0 Å². The number of anilines is 1. The molecule has 1 aromatic heterocycles. The molecule has 0 fully saturated rings. The molecule has 8 nitrogen and oxygen atoms in total. The van der Waals surface area contributed by atoms with E-state index in [1.54, 1.807) is 23.1 Å². The zero-order valence-electron chi connectivity index (χ0n) is 18.8. The number of fused-ring (bicyclic) bond motifs is 2. The summed E-state index contributed by atoms with van der Waals surface area (Å²) in [5.41, 5.74) is 1.94. The van der Waals surface area contributed by atoms with Crippen molar-refractivity contribution in [2.24, 2.45) is 0 Å². The minimum absolute atomic E-state index is 0.199. The summed E-state index contributed by atoms with van der Waals surface area (Å²) >= 11 is 10.2. The van der Waals surface area contributed by atoms with E-state index in [0.717, 1.165) is 39.8 Å². The molecular weight excluding hydrogens is 676 g/mol. The van der Waals surface area contributed by atoms with Crippen LogP contribution in [0.2, 0.25) is 0 Å². The second-order valence-corrected chi connectivity index (χ2v) is 15.2. The van der Waals surface area contributed by atoms with Crippen LogP contribution in [0.3, 0.4) is 0 Å². The van der Waals surface area contributed by atoms with E-state index in [-0.39, 0.29) is 12.2 Å². The Balaban J connectivity index is 1.69. The molecule has 2 aromatic carbocycles. The lowest BCUT2D eigenvalue weighted by Gasteiger charge is -2.20. The number of halogens is 2. The SMILES string of the molecule is O=S(=O)([O-])CCC[n+]1c(C=C2Sc3ccc(Br)cc3N2CCCCS(=O)(=O)O)sc2ccc(Br)cc21. The van der Waals surface area contributed by atoms with Crippen molar-refractivity contribution >= 4 is 97.2 Å². The fraction of sp³-hybridized carbons (Fsp3) is 0.318. The first-order valence-corrected chi connectivity index (χ1v) is 17.3. The van der Waals surface area contributed by atoms with Crippen LogP contribution in [0.1, 0.15) is 24.3 Å². The normalized spacial score (nSPS) is 15.2. The van der Waals surface area contributed by atoms with Crippen LogP contribution in [-0.4, -0.2) is 44.0 Å². The molecule has 36 heavy (non-hydrogen) atoms. The number of hydrogen-bond donors (Lipinski definition) is 1. The van der Waals surface area contributed by atoms with E-state index in [2.05, 4.69) is 36.8 Å². The van der Waals surface area contributed by atoms with E-state index >= 15 is 0 Å². The molecule has 0 saturated carbocycles. The van der Waals surface area contributed by atoms with E-state index in [1.807, 2.05) is 47.0 Å².